The summed E-state index contributed by atoms with van der Waals surface area (Å²) in [6.07, 6.45) is 3.88. The number of carbonyl (C=O) groups excluding carboxylic acids is 3. The molecular formula is C23H25N3O5. The van der Waals surface area contributed by atoms with E-state index in [1.165, 1.54) is 6.07 Å². The highest BCUT2D eigenvalue weighted by Crippen LogP contribution is 2.44. The van der Waals surface area contributed by atoms with Crippen LogP contribution in [-0.4, -0.2) is 48.3 Å². The summed E-state index contributed by atoms with van der Waals surface area (Å²) in [6, 6.07) is 8.33. The summed E-state index contributed by atoms with van der Waals surface area (Å²) in [5, 5.41) is 6.26. The highest BCUT2D eigenvalue weighted by molar-refractivity contribution is 5.93. The molecule has 3 aliphatic rings. The smallest absolute Gasteiger partial charge is 0.289 e. The minimum atomic E-state index is -0.267. The molecular weight excluding hydrogens is 398 g/mol. The molecule has 3 fully saturated rings. The zero-order valence-electron chi connectivity index (χ0n) is 17.2. The summed E-state index contributed by atoms with van der Waals surface area (Å²) < 4.78 is 5.69. The van der Waals surface area contributed by atoms with Gasteiger partial charge in [-0.2, -0.15) is 0 Å². The minimum Gasteiger partial charge on any atom is -0.451 e. The van der Waals surface area contributed by atoms with E-state index in [4.69, 9.17) is 4.42 Å². The van der Waals surface area contributed by atoms with Gasteiger partial charge in [0.15, 0.2) is 11.2 Å². The first-order valence-corrected chi connectivity index (χ1v) is 10.8. The molecule has 2 aliphatic heterocycles. The monoisotopic (exact) mass is 423 g/mol. The third kappa shape index (κ3) is 3.71. The molecule has 1 saturated carbocycles. The summed E-state index contributed by atoms with van der Waals surface area (Å²) >= 11 is 0. The van der Waals surface area contributed by atoms with E-state index < -0.39 is 0 Å². The van der Waals surface area contributed by atoms with Crippen molar-refractivity contribution in [3.05, 3.63) is 46.3 Å². The van der Waals surface area contributed by atoms with Crippen molar-refractivity contribution in [2.24, 2.45) is 11.3 Å². The van der Waals surface area contributed by atoms with Crippen LogP contribution < -0.4 is 16.1 Å². The molecule has 1 aromatic carbocycles. The van der Waals surface area contributed by atoms with Crippen LogP contribution in [-0.2, 0) is 9.59 Å². The molecule has 3 heterocycles. The van der Waals surface area contributed by atoms with Crippen LogP contribution in [0.15, 0.2) is 39.5 Å². The average Bonchev–Trinajstić information content (AvgIpc) is 3.19. The van der Waals surface area contributed by atoms with E-state index in [1.807, 2.05) is 0 Å². The molecule has 2 N–H and O–H groups in total. The first kappa shape index (κ1) is 19.8. The van der Waals surface area contributed by atoms with E-state index in [0.717, 1.165) is 25.7 Å². The Hall–Kier alpha value is -3.16. The largest absolute Gasteiger partial charge is 0.451 e. The molecule has 162 valence electrons. The van der Waals surface area contributed by atoms with Gasteiger partial charge in [-0.15, -0.1) is 0 Å². The third-order valence-corrected chi connectivity index (χ3v) is 6.93. The van der Waals surface area contributed by atoms with Crippen LogP contribution in [0.1, 0.15) is 42.7 Å². The molecule has 1 spiro atoms. The lowest BCUT2D eigenvalue weighted by molar-refractivity contribution is -0.127. The summed E-state index contributed by atoms with van der Waals surface area (Å²) in [6.45, 7) is 1.71. The molecule has 1 unspecified atom stereocenters. The lowest BCUT2D eigenvalue weighted by Crippen LogP contribution is -2.60. The number of hydrogen-bond acceptors (Lipinski definition) is 5. The van der Waals surface area contributed by atoms with Crippen molar-refractivity contribution >= 4 is 28.7 Å². The van der Waals surface area contributed by atoms with Crippen molar-refractivity contribution in [1.82, 2.24) is 15.5 Å². The second-order valence-electron chi connectivity index (χ2n) is 9.12. The van der Waals surface area contributed by atoms with Gasteiger partial charge in [-0.1, -0.05) is 12.1 Å². The fraction of sp³-hybridized carbons (Fsp3) is 0.478. The molecule has 1 aliphatic carbocycles. The zero-order chi connectivity index (χ0) is 21.6. The molecule has 3 amide bonds. The number of nitrogens with zero attached hydrogens (tertiary/aromatic N) is 1. The van der Waals surface area contributed by atoms with Crippen LogP contribution >= 0.6 is 0 Å². The summed E-state index contributed by atoms with van der Waals surface area (Å²) in [7, 11) is 0. The van der Waals surface area contributed by atoms with E-state index in [-0.39, 0.29) is 52.7 Å². The van der Waals surface area contributed by atoms with E-state index >= 15 is 0 Å². The maximum atomic E-state index is 12.8. The van der Waals surface area contributed by atoms with E-state index in [1.54, 1.807) is 29.2 Å². The number of fused-ring (bicyclic) bond motifs is 1. The van der Waals surface area contributed by atoms with Gasteiger partial charge in [-0.05, 0) is 37.8 Å². The highest BCUT2D eigenvalue weighted by Gasteiger charge is 2.47. The number of rotatable bonds is 3. The van der Waals surface area contributed by atoms with Crippen molar-refractivity contribution < 1.29 is 18.8 Å². The molecule has 1 aromatic heterocycles. The molecule has 2 saturated heterocycles. The van der Waals surface area contributed by atoms with Crippen molar-refractivity contribution in [1.29, 1.82) is 0 Å². The lowest BCUT2D eigenvalue weighted by atomic mass is 9.67. The Morgan fingerprint density at radius 1 is 1.13 bits per heavy atom. The third-order valence-electron chi connectivity index (χ3n) is 6.93. The van der Waals surface area contributed by atoms with E-state index in [9.17, 15) is 19.2 Å². The van der Waals surface area contributed by atoms with Crippen molar-refractivity contribution in [3.63, 3.8) is 0 Å². The average molecular weight is 423 g/mol. The van der Waals surface area contributed by atoms with Gasteiger partial charge in [0.2, 0.25) is 11.8 Å². The van der Waals surface area contributed by atoms with Gasteiger partial charge in [0.1, 0.15) is 5.58 Å². The molecule has 31 heavy (non-hydrogen) atoms. The van der Waals surface area contributed by atoms with Crippen molar-refractivity contribution in [3.8, 4) is 0 Å². The van der Waals surface area contributed by atoms with Gasteiger partial charge in [-0.25, -0.2) is 0 Å². The Morgan fingerprint density at radius 3 is 2.58 bits per heavy atom. The number of likely N-dealkylation sites (tertiary alicyclic amines) is 1. The second-order valence-corrected chi connectivity index (χ2v) is 9.12. The molecule has 1 atom stereocenters. The van der Waals surface area contributed by atoms with Gasteiger partial charge >= 0.3 is 0 Å². The molecule has 8 nitrogen and oxygen atoms in total. The Balaban J connectivity index is 1.16. The maximum Gasteiger partial charge on any atom is 0.289 e. The fourth-order valence-corrected chi connectivity index (χ4v) is 5.07. The number of hydrogen-bond donors (Lipinski definition) is 2. The predicted octanol–water partition coefficient (Wildman–Crippen LogP) is 1.43. The minimum absolute atomic E-state index is 0.0453. The molecule has 0 bridgehead atoms. The molecule has 2 aromatic rings. The molecule has 5 rings (SSSR count). The summed E-state index contributed by atoms with van der Waals surface area (Å²) in [4.78, 5) is 50.5. The number of amides is 3. The van der Waals surface area contributed by atoms with Crippen LogP contribution in [0.2, 0.25) is 0 Å². The van der Waals surface area contributed by atoms with E-state index in [0.29, 0.717) is 30.6 Å². The summed E-state index contributed by atoms with van der Waals surface area (Å²) in [5.74, 6) is -0.543. The standard InChI is InChI=1S/C23H25N3O5/c27-17-10-19(31-18-4-2-1-3-16(17)18)22(30)26-12-23(13-26)7-5-15(6-8-23)25-21(29)14-9-20(28)24-11-14/h1-4,10,14-15H,5-9,11-13H2,(H,24,28)(H,25,29). The van der Waals surface area contributed by atoms with Crippen LogP contribution in [0.3, 0.4) is 0 Å². The first-order valence-electron chi connectivity index (χ1n) is 10.8. The van der Waals surface area contributed by atoms with Crippen LogP contribution in [0, 0.1) is 11.3 Å². The van der Waals surface area contributed by atoms with Crippen molar-refractivity contribution in [2.75, 3.05) is 19.6 Å². The summed E-state index contributed by atoms with van der Waals surface area (Å²) in [5.41, 5.74) is 0.290. The van der Waals surface area contributed by atoms with Gasteiger partial charge in [0, 0.05) is 43.6 Å². The Bertz CT molecular complexity index is 1110. The maximum absolute atomic E-state index is 12.8. The highest BCUT2D eigenvalue weighted by atomic mass is 16.3. The van der Waals surface area contributed by atoms with Crippen LogP contribution in [0.25, 0.3) is 11.0 Å². The number of benzene rings is 1. The van der Waals surface area contributed by atoms with Gasteiger partial charge in [0.25, 0.3) is 5.91 Å². The van der Waals surface area contributed by atoms with Gasteiger partial charge in [0.05, 0.1) is 11.3 Å². The lowest BCUT2D eigenvalue weighted by Gasteiger charge is -2.53. The fourth-order valence-electron chi connectivity index (χ4n) is 5.07. The predicted molar refractivity (Wildman–Crippen MR) is 112 cm³/mol. The Morgan fingerprint density at radius 2 is 1.87 bits per heavy atom. The van der Waals surface area contributed by atoms with Crippen molar-refractivity contribution in [2.45, 2.75) is 38.1 Å². The quantitative estimate of drug-likeness (QED) is 0.776. The van der Waals surface area contributed by atoms with Gasteiger partial charge < -0.3 is 20.0 Å². The zero-order valence-corrected chi connectivity index (χ0v) is 17.2. The topological polar surface area (TPSA) is 109 Å². The SMILES string of the molecule is O=C1CC(C(=O)NC2CCC3(CC2)CN(C(=O)c2cc(=O)c4ccccc4o2)C3)CN1. The number of para-hydroxylation sites is 1. The van der Waals surface area contributed by atoms with E-state index in [2.05, 4.69) is 10.6 Å². The normalized spacial score (nSPS) is 22.9. The number of carbonyl (C=O) groups is 3. The second kappa shape index (κ2) is 7.51. The molecule has 8 heteroatoms. The number of nitrogens with one attached hydrogen (secondary N) is 2. The molecule has 0 radical (unpaired) electrons. The Labute approximate surface area is 179 Å². The van der Waals surface area contributed by atoms with Crippen LogP contribution in [0.4, 0.5) is 0 Å². The Kier molecular flexibility index (Phi) is 4.79. The van der Waals surface area contributed by atoms with Crippen LogP contribution in [0.5, 0.6) is 0 Å². The van der Waals surface area contributed by atoms with Gasteiger partial charge in [-0.3, -0.25) is 19.2 Å². The first-order chi connectivity index (χ1) is 14.9.